The third kappa shape index (κ3) is 7.10. The van der Waals surface area contributed by atoms with Gasteiger partial charge in [0.25, 0.3) is 0 Å². The van der Waals surface area contributed by atoms with Crippen LogP contribution in [0, 0.1) is 0 Å². The number of carboxylic acids is 1. The highest BCUT2D eigenvalue weighted by atomic mass is 35.5. The molecule has 0 amide bonds. The van der Waals surface area contributed by atoms with Crippen LogP contribution in [0.3, 0.4) is 0 Å². The lowest BCUT2D eigenvalue weighted by Gasteiger charge is -2.16. The molecule has 0 fully saturated rings. The Bertz CT molecular complexity index is 1010. The van der Waals surface area contributed by atoms with E-state index in [-0.39, 0.29) is 18.7 Å². The number of thioether (sulfide) groups is 1. The number of carbonyl (C=O) groups excluding carboxylic acids is 1. The van der Waals surface area contributed by atoms with Gasteiger partial charge in [0.05, 0.1) is 19.3 Å². The quantitative estimate of drug-likeness (QED) is 0.115. The smallest absolute Gasteiger partial charge is 0.308 e. The van der Waals surface area contributed by atoms with Crippen LogP contribution in [-0.4, -0.2) is 52.0 Å². The summed E-state index contributed by atoms with van der Waals surface area (Å²) in [5.74, 6) is 0.379. The van der Waals surface area contributed by atoms with Gasteiger partial charge in [0.1, 0.15) is 10.9 Å². The maximum Gasteiger partial charge on any atom is 0.308 e. The molecule has 0 aliphatic carbocycles. The van der Waals surface area contributed by atoms with Gasteiger partial charge in [0, 0.05) is 43.7 Å². The monoisotopic (exact) mass is 497 g/mol. The van der Waals surface area contributed by atoms with Crippen molar-refractivity contribution in [1.29, 1.82) is 0 Å². The second kappa shape index (κ2) is 11.9. The lowest BCUT2D eigenvalue weighted by Crippen LogP contribution is -2.22. The summed E-state index contributed by atoms with van der Waals surface area (Å²) < 4.78 is 22.0. The van der Waals surface area contributed by atoms with Gasteiger partial charge in [0.2, 0.25) is 18.1 Å². The average Bonchev–Trinajstić information content (AvgIpc) is 3.24. The van der Waals surface area contributed by atoms with E-state index in [1.807, 2.05) is 0 Å². The zero-order valence-corrected chi connectivity index (χ0v) is 19.8. The Kier molecular flexibility index (Phi) is 8.95. The number of aromatic nitrogens is 3. The van der Waals surface area contributed by atoms with E-state index in [4.69, 9.17) is 35.7 Å². The summed E-state index contributed by atoms with van der Waals surface area (Å²) in [6, 6.07) is 1.72. The van der Waals surface area contributed by atoms with Crippen LogP contribution in [0.5, 0.6) is 17.5 Å². The van der Waals surface area contributed by atoms with E-state index in [9.17, 15) is 9.59 Å². The number of unbranched alkanes of at least 4 members (excludes halogenated alkanes) is 1. The van der Waals surface area contributed by atoms with Gasteiger partial charge in [-0.15, -0.1) is 0 Å². The molecule has 0 spiro atoms. The summed E-state index contributed by atoms with van der Waals surface area (Å²) >= 11 is 7.52. The molecule has 2 aromatic heterocycles. The van der Waals surface area contributed by atoms with Crippen LogP contribution in [0.25, 0.3) is 0 Å². The lowest BCUT2D eigenvalue weighted by molar-refractivity contribution is -0.162. The molecule has 0 saturated carbocycles. The van der Waals surface area contributed by atoms with Crippen molar-refractivity contribution in [2.24, 2.45) is 0 Å². The molecule has 0 saturated heterocycles. The maximum absolute atomic E-state index is 12.0. The van der Waals surface area contributed by atoms with Crippen LogP contribution in [0.15, 0.2) is 17.4 Å². The summed E-state index contributed by atoms with van der Waals surface area (Å²) in [5.41, 5.74) is 1.42. The molecule has 3 heterocycles. The minimum Gasteiger partial charge on any atom is -0.496 e. The first-order valence-electron chi connectivity index (χ1n) is 10.3. The molecule has 1 atom stereocenters. The molecule has 12 heteroatoms. The van der Waals surface area contributed by atoms with Crippen LogP contribution in [0.4, 0.5) is 0 Å². The number of aliphatic carboxylic acids is 1. The second-order valence-corrected chi connectivity index (χ2v) is 8.34. The number of hydrogen-bond acceptors (Lipinski definition) is 10. The van der Waals surface area contributed by atoms with Gasteiger partial charge in [-0.3, -0.25) is 9.59 Å². The SMILES string of the molecule is COc1ccnc(Cl)c1CSc1nc2c(c(OC(C)OC(=O)CCCCC(=O)O)n1)CCO2. The Morgan fingerprint density at radius 3 is 2.85 bits per heavy atom. The summed E-state index contributed by atoms with van der Waals surface area (Å²) in [5, 5.41) is 9.39. The van der Waals surface area contributed by atoms with Crippen molar-refractivity contribution in [3.05, 3.63) is 28.5 Å². The number of halogens is 1. The highest BCUT2D eigenvalue weighted by Crippen LogP contribution is 2.36. The first-order chi connectivity index (χ1) is 15.9. The molecule has 3 rings (SSSR count). The number of fused-ring (bicyclic) bond motifs is 1. The molecule has 0 radical (unpaired) electrons. The van der Waals surface area contributed by atoms with E-state index >= 15 is 0 Å². The van der Waals surface area contributed by atoms with Crippen molar-refractivity contribution in [2.75, 3.05) is 13.7 Å². The molecule has 1 aliphatic rings. The molecule has 1 aliphatic heterocycles. The Morgan fingerprint density at radius 1 is 1.30 bits per heavy atom. The topological polar surface area (TPSA) is 130 Å². The summed E-state index contributed by atoms with van der Waals surface area (Å²) in [7, 11) is 1.56. The highest BCUT2D eigenvalue weighted by Gasteiger charge is 2.25. The van der Waals surface area contributed by atoms with Crippen molar-refractivity contribution >= 4 is 35.3 Å². The number of carboxylic acid groups (broad SMARTS) is 1. The van der Waals surface area contributed by atoms with Gasteiger partial charge in [-0.25, -0.2) is 4.98 Å². The van der Waals surface area contributed by atoms with E-state index in [2.05, 4.69) is 15.0 Å². The minimum absolute atomic E-state index is 0.0168. The van der Waals surface area contributed by atoms with E-state index in [1.165, 1.54) is 11.8 Å². The number of nitrogens with zero attached hydrogens (tertiary/aromatic N) is 3. The Hall–Kier alpha value is -2.79. The molecule has 0 aromatic carbocycles. The standard InChI is InChI=1S/C21H24ClN3O7S/c1-12(31-17(28)6-4-3-5-16(26)27)32-20-13-8-10-30-19(13)24-21(25-20)33-11-14-15(29-2)7-9-23-18(14)22/h7,9,12H,3-6,8,10-11H2,1-2H3,(H,26,27). The summed E-state index contributed by atoms with van der Waals surface area (Å²) in [6.45, 7) is 2.04. The number of carbonyl (C=O) groups is 2. The molecule has 10 nitrogen and oxygen atoms in total. The first kappa shape index (κ1) is 24.8. The summed E-state index contributed by atoms with van der Waals surface area (Å²) in [6.07, 6.45) is 2.22. The van der Waals surface area contributed by atoms with Crippen LogP contribution in [0.2, 0.25) is 5.15 Å². The van der Waals surface area contributed by atoms with Gasteiger partial charge in [-0.1, -0.05) is 23.4 Å². The van der Waals surface area contributed by atoms with Crippen LogP contribution in [0.1, 0.15) is 43.7 Å². The van der Waals surface area contributed by atoms with Crippen LogP contribution < -0.4 is 14.2 Å². The third-order valence-electron chi connectivity index (χ3n) is 4.62. The molecule has 0 bridgehead atoms. The molecule has 33 heavy (non-hydrogen) atoms. The highest BCUT2D eigenvalue weighted by molar-refractivity contribution is 7.98. The molecule has 2 aromatic rings. The van der Waals surface area contributed by atoms with Gasteiger partial charge in [0.15, 0.2) is 5.16 Å². The van der Waals surface area contributed by atoms with Gasteiger partial charge in [-0.2, -0.15) is 9.97 Å². The predicted octanol–water partition coefficient (Wildman–Crippen LogP) is 3.67. The van der Waals surface area contributed by atoms with Crippen molar-refractivity contribution in [1.82, 2.24) is 15.0 Å². The van der Waals surface area contributed by atoms with E-state index in [1.54, 1.807) is 26.3 Å². The van der Waals surface area contributed by atoms with Crippen molar-refractivity contribution in [3.8, 4) is 17.5 Å². The number of ether oxygens (including phenoxy) is 4. The molecular weight excluding hydrogens is 474 g/mol. The Labute approximate surface area is 200 Å². The molecular formula is C21H24ClN3O7S. The predicted molar refractivity (Wildman–Crippen MR) is 119 cm³/mol. The fourth-order valence-corrected chi connectivity index (χ4v) is 4.19. The van der Waals surface area contributed by atoms with Crippen molar-refractivity contribution in [3.63, 3.8) is 0 Å². The average molecular weight is 498 g/mol. The second-order valence-electron chi connectivity index (χ2n) is 7.04. The molecule has 1 unspecified atom stereocenters. The number of methoxy groups -OCH3 is 1. The largest absolute Gasteiger partial charge is 0.496 e. The van der Waals surface area contributed by atoms with E-state index < -0.39 is 18.2 Å². The number of pyridine rings is 1. The van der Waals surface area contributed by atoms with Crippen molar-refractivity contribution < 1.29 is 33.6 Å². The Balaban J connectivity index is 1.63. The van der Waals surface area contributed by atoms with Crippen molar-refractivity contribution in [2.45, 2.75) is 56.2 Å². The lowest BCUT2D eigenvalue weighted by atomic mass is 10.2. The maximum atomic E-state index is 12.0. The fourth-order valence-electron chi connectivity index (χ4n) is 3.05. The minimum atomic E-state index is -0.891. The van der Waals surface area contributed by atoms with Gasteiger partial charge in [-0.05, 0) is 18.9 Å². The fraction of sp³-hybridized carbons (Fsp3) is 0.476. The van der Waals surface area contributed by atoms with Crippen LogP contribution >= 0.6 is 23.4 Å². The molecule has 178 valence electrons. The number of hydrogen-bond donors (Lipinski definition) is 1. The van der Waals surface area contributed by atoms with Crippen LogP contribution in [-0.2, 0) is 26.5 Å². The third-order valence-corrected chi connectivity index (χ3v) is 5.82. The Morgan fingerprint density at radius 2 is 2.09 bits per heavy atom. The zero-order chi connectivity index (χ0) is 23.8. The number of esters is 1. The van der Waals surface area contributed by atoms with Gasteiger partial charge >= 0.3 is 11.9 Å². The van der Waals surface area contributed by atoms with E-state index in [0.29, 0.717) is 64.7 Å². The van der Waals surface area contributed by atoms with E-state index in [0.717, 1.165) is 0 Å². The number of rotatable bonds is 12. The zero-order valence-electron chi connectivity index (χ0n) is 18.2. The molecule has 1 N–H and O–H groups in total. The normalized spacial score (nSPS) is 13.1. The van der Waals surface area contributed by atoms with Gasteiger partial charge < -0.3 is 24.1 Å². The summed E-state index contributed by atoms with van der Waals surface area (Å²) in [4.78, 5) is 35.5. The first-order valence-corrected chi connectivity index (χ1v) is 11.7.